The first-order valence-corrected chi connectivity index (χ1v) is 11.5. The van der Waals surface area contributed by atoms with Crippen LogP contribution in [0.3, 0.4) is 0 Å². The van der Waals surface area contributed by atoms with Crippen molar-refractivity contribution in [3.05, 3.63) is 94.6 Å². The van der Waals surface area contributed by atoms with Crippen LogP contribution in [-0.4, -0.2) is 29.0 Å². The summed E-state index contributed by atoms with van der Waals surface area (Å²) in [4.78, 5) is 37.7. The Bertz CT molecular complexity index is 1520. The van der Waals surface area contributed by atoms with Crippen LogP contribution in [0.1, 0.15) is 21.5 Å². The summed E-state index contributed by atoms with van der Waals surface area (Å²) in [5.41, 5.74) is 5.92. The Morgan fingerprint density at radius 2 is 1.67 bits per heavy atom. The van der Waals surface area contributed by atoms with Crippen molar-refractivity contribution in [3.63, 3.8) is 0 Å². The van der Waals surface area contributed by atoms with Crippen LogP contribution in [0.5, 0.6) is 0 Å². The Hall–Kier alpha value is -4.06. The molecule has 4 rings (SSSR count). The average Bonchev–Trinajstić information content (AvgIpc) is 3.23. The summed E-state index contributed by atoms with van der Waals surface area (Å²) in [5, 5.41) is 5.86. The highest BCUT2D eigenvalue weighted by Crippen LogP contribution is 2.31. The maximum Gasteiger partial charge on any atom is 0.416 e. The van der Waals surface area contributed by atoms with E-state index in [1.165, 1.54) is 10.8 Å². The lowest BCUT2D eigenvalue weighted by Gasteiger charge is -2.10. The van der Waals surface area contributed by atoms with E-state index >= 15 is 0 Å². The van der Waals surface area contributed by atoms with E-state index in [1.54, 1.807) is 42.5 Å². The van der Waals surface area contributed by atoms with E-state index in [0.29, 0.717) is 21.5 Å². The highest BCUT2D eigenvalue weighted by molar-refractivity contribution is 6.31. The van der Waals surface area contributed by atoms with Gasteiger partial charge in [0.15, 0.2) is 0 Å². The zero-order chi connectivity index (χ0) is 27.4. The molecule has 0 saturated carbocycles. The number of alkyl halides is 3. The third-order valence-corrected chi connectivity index (χ3v) is 5.74. The molecule has 0 aliphatic rings. The zero-order valence-corrected chi connectivity index (χ0v) is 21.5. The van der Waals surface area contributed by atoms with Crippen molar-refractivity contribution in [2.45, 2.75) is 12.8 Å². The lowest BCUT2D eigenvalue weighted by Crippen LogP contribution is -2.20. The van der Waals surface area contributed by atoms with Crippen molar-refractivity contribution >= 4 is 64.2 Å². The minimum Gasteiger partial charge on any atom is -0.460 e. The summed E-state index contributed by atoms with van der Waals surface area (Å²) >= 11 is 6.15. The van der Waals surface area contributed by atoms with Crippen molar-refractivity contribution in [3.8, 4) is 0 Å². The van der Waals surface area contributed by atoms with Crippen LogP contribution in [0, 0.1) is 0 Å². The van der Waals surface area contributed by atoms with Gasteiger partial charge in [0, 0.05) is 33.4 Å². The number of esters is 1. The van der Waals surface area contributed by atoms with Crippen molar-refractivity contribution < 1.29 is 32.3 Å². The molecule has 0 spiro atoms. The standard InChI is InChI=1S/C26H20ClF3N4O4.ClH/c27-17-7-10-22-20(11-17)21(33-25(37)32-18-8-5-16(6-9-18)26(28,29)30)13-34(22)24(36)19-4-2-1-3-15(19)14-38-23(35)12-31;/h1-11,13H,12,14,31H2,(H2,32,33,37);1H. The summed E-state index contributed by atoms with van der Waals surface area (Å²) in [6, 6.07) is 14.5. The average molecular weight is 581 g/mol. The fraction of sp³-hybridized carbons (Fsp3) is 0.115. The van der Waals surface area contributed by atoms with E-state index in [0.717, 1.165) is 24.3 Å². The van der Waals surface area contributed by atoms with Gasteiger partial charge in [-0.25, -0.2) is 4.79 Å². The Morgan fingerprint density at radius 3 is 2.33 bits per heavy atom. The molecule has 1 heterocycles. The molecule has 204 valence electrons. The molecular formula is C26H21Cl2F3N4O4. The maximum absolute atomic E-state index is 13.5. The molecule has 0 aliphatic heterocycles. The Balaban J connectivity index is 0.00000420. The molecule has 0 aliphatic carbocycles. The van der Waals surface area contributed by atoms with E-state index < -0.39 is 29.6 Å². The Kier molecular flexibility index (Phi) is 9.23. The van der Waals surface area contributed by atoms with Gasteiger partial charge in [0.05, 0.1) is 23.3 Å². The summed E-state index contributed by atoms with van der Waals surface area (Å²) in [7, 11) is 0. The number of ether oxygens (including phenoxy) is 1. The molecule has 0 atom stereocenters. The predicted molar refractivity (Wildman–Crippen MR) is 143 cm³/mol. The summed E-state index contributed by atoms with van der Waals surface area (Å²) in [6.07, 6.45) is -3.10. The van der Waals surface area contributed by atoms with Gasteiger partial charge in [-0.15, -0.1) is 12.4 Å². The van der Waals surface area contributed by atoms with E-state index in [1.807, 2.05) is 0 Å². The van der Waals surface area contributed by atoms with Crippen molar-refractivity contribution in [1.82, 2.24) is 4.57 Å². The first-order valence-electron chi connectivity index (χ1n) is 11.1. The van der Waals surface area contributed by atoms with E-state index in [4.69, 9.17) is 22.1 Å². The van der Waals surface area contributed by atoms with Gasteiger partial charge in [0.2, 0.25) is 0 Å². The fourth-order valence-electron chi connectivity index (χ4n) is 3.70. The van der Waals surface area contributed by atoms with Crippen molar-refractivity contribution in [2.75, 3.05) is 17.2 Å². The number of hydrogen-bond acceptors (Lipinski definition) is 5. The Labute approximate surface area is 231 Å². The monoisotopic (exact) mass is 580 g/mol. The number of rotatable bonds is 6. The first kappa shape index (κ1) is 29.5. The second kappa shape index (κ2) is 12.2. The molecule has 4 aromatic rings. The SMILES string of the molecule is Cl.NCC(=O)OCc1ccccc1C(=O)n1cc(NC(=O)Nc2ccc(C(F)(F)F)cc2)c2cc(Cl)ccc21. The van der Waals surface area contributed by atoms with Crippen molar-refractivity contribution in [1.29, 1.82) is 0 Å². The summed E-state index contributed by atoms with van der Waals surface area (Å²) in [6.45, 7) is -0.466. The maximum atomic E-state index is 13.5. The molecule has 4 N–H and O–H groups in total. The van der Waals surface area contributed by atoms with Gasteiger partial charge >= 0.3 is 18.2 Å². The van der Waals surface area contributed by atoms with Gasteiger partial charge < -0.3 is 21.1 Å². The molecule has 3 aromatic carbocycles. The number of nitrogens with two attached hydrogens (primary N) is 1. The van der Waals surface area contributed by atoms with Gasteiger partial charge in [-0.2, -0.15) is 13.2 Å². The zero-order valence-electron chi connectivity index (χ0n) is 19.9. The minimum absolute atomic E-state index is 0. The molecule has 8 nitrogen and oxygen atoms in total. The molecule has 2 amide bonds. The van der Waals surface area contributed by atoms with Gasteiger partial charge in [0.1, 0.15) is 6.61 Å². The largest absolute Gasteiger partial charge is 0.460 e. The quantitative estimate of drug-likeness (QED) is 0.239. The van der Waals surface area contributed by atoms with Crippen LogP contribution in [0.15, 0.2) is 72.9 Å². The third kappa shape index (κ3) is 6.88. The van der Waals surface area contributed by atoms with Crippen molar-refractivity contribution in [2.24, 2.45) is 5.73 Å². The van der Waals surface area contributed by atoms with Gasteiger partial charge in [0.25, 0.3) is 5.91 Å². The summed E-state index contributed by atoms with van der Waals surface area (Å²) in [5.74, 6) is -1.09. The second-order valence-electron chi connectivity index (χ2n) is 8.06. The third-order valence-electron chi connectivity index (χ3n) is 5.51. The normalized spacial score (nSPS) is 11.0. The van der Waals surface area contributed by atoms with E-state index in [-0.39, 0.29) is 42.5 Å². The number of anilines is 2. The first-order chi connectivity index (χ1) is 18.1. The van der Waals surface area contributed by atoms with Crippen LogP contribution in [0.25, 0.3) is 10.9 Å². The molecule has 0 radical (unpaired) electrons. The van der Waals surface area contributed by atoms with Crippen LogP contribution >= 0.6 is 24.0 Å². The number of urea groups is 1. The molecule has 1 aromatic heterocycles. The number of fused-ring (bicyclic) bond motifs is 1. The van der Waals surface area contributed by atoms with Crippen LogP contribution in [0.4, 0.5) is 29.3 Å². The number of aromatic nitrogens is 1. The summed E-state index contributed by atoms with van der Waals surface area (Å²) < 4.78 is 44.8. The molecule has 0 fully saturated rings. The number of nitrogens with one attached hydrogen (secondary N) is 2. The van der Waals surface area contributed by atoms with Crippen LogP contribution < -0.4 is 16.4 Å². The van der Waals surface area contributed by atoms with Crippen LogP contribution in [-0.2, 0) is 22.3 Å². The van der Waals surface area contributed by atoms with Gasteiger partial charge in [-0.3, -0.25) is 14.2 Å². The van der Waals surface area contributed by atoms with Gasteiger partial charge in [-0.05, 0) is 48.5 Å². The molecule has 39 heavy (non-hydrogen) atoms. The van der Waals surface area contributed by atoms with E-state index in [9.17, 15) is 27.6 Å². The molecule has 0 unspecified atom stereocenters. The molecule has 0 bridgehead atoms. The lowest BCUT2D eigenvalue weighted by atomic mass is 10.1. The minimum atomic E-state index is -4.50. The topological polar surface area (TPSA) is 115 Å². The molecule has 13 heteroatoms. The molecule has 0 saturated heterocycles. The number of hydrogen-bond donors (Lipinski definition) is 3. The molecular weight excluding hydrogens is 560 g/mol. The number of carbonyl (C=O) groups excluding carboxylic acids is 3. The number of nitrogens with zero attached hydrogens (tertiary/aromatic N) is 1. The predicted octanol–water partition coefficient (Wildman–Crippen LogP) is 6.07. The lowest BCUT2D eigenvalue weighted by molar-refractivity contribution is -0.143. The number of amides is 2. The number of halogens is 5. The Morgan fingerprint density at radius 1 is 0.974 bits per heavy atom. The fourth-order valence-corrected chi connectivity index (χ4v) is 3.87. The van der Waals surface area contributed by atoms with Gasteiger partial charge in [-0.1, -0.05) is 29.8 Å². The highest BCUT2D eigenvalue weighted by Gasteiger charge is 2.30. The number of benzene rings is 3. The van der Waals surface area contributed by atoms with Crippen LogP contribution in [0.2, 0.25) is 5.02 Å². The second-order valence-corrected chi connectivity index (χ2v) is 8.49. The highest BCUT2D eigenvalue weighted by atomic mass is 35.5. The smallest absolute Gasteiger partial charge is 0.416 e. The van der Waals surface area contributed by atoms with E-state index in [2.05, 4.69) is 10.6 Å². The number of carbonyl (C=O) groups is 3.